The number of phenols is 1. The van der Waals surface area contributed by atoms with E-state index < -0.39 is 0 Å². The molecule has 184 valence electrons. The highest BCUT2D eigenvalue weighted by Gasteiger charge is 2.22. The van der Waals surface area contributed by atoms with Crippen LogP contribution in [-0.4, -0.2) is 38.9 Å². The van der Waals surface area contributed by atoms with Gasteiger partial charge in [0.2, 0.25) is 0 Å². The van der Waals surface area contributed by atoms with Gasteiger partial charge in [0.25, 0.3) is 0 Å². The van der Waals surface area contributed by atoms with Crippen LogP contribution in [0.2, 0.25) is 10.0 Å². The van der Waals surface area contributed by atoms with Crippen molar-refractivity contribution in [2.24, 2.45) is 5.92 Å². The maximum absolute atomic E-state index is 12.5. The Morgan fingerprint density at radius 2 is 1.92 bits per heavy atom. The number of carbonyl (C=O) groups is 1. The number of ketones is 1. The second-order valence-electron chi connectivity index (χ2n) is 8.99. The van der Waals surface area contributed by atoms with Crippen LogP contribution < -0.4 is 10.2 Å². The van der Waals surface area contributed by atoms with Crippen LogP contribution in [0.15, 0.2) is 48.8 Å². The van der Waals surface area contributed by atoms with Gasteiger partial charge in [0, 0.05) is 24.8 Å². The topological polar surface area (TPSA) is 91.2 Å². The number of anilines is 3. The first-order valence-electron chi connectivity index (χ1n) is 11.8. The predicted molar refractivity (Wildman–Crippen MR) is 145 cm³/mol. The van der Waals surface area contributed by atoms with Crippen molar-refractivity contribution in [3.8, 4) is 17.0 Å². The summed E-state index contributed by atoms with van der Waals surface area (Å²) in [6, 6.07) is 10.8. The highest BCUT2D eigenvalue weighted by atomic mass is 35.5. The molecule has 1 fully saturated rings. The van der Waals surface area contributed by atoms with Crippen LogP contribution >= 0.6 is 23.2 Å². The van der Waals surface area contributed by atoms with E-state index in [1.807, 2.05) is 18.2 Å². The van der Waals surface area contributed by atoms with Gasteiger partial charge in [-0.3, -0.25) is 9.78 Å². The van der Waals surface area contributed by atoms with Crippen LogP contribution in [0.1, 0.15) is 37.0 Å². The van der Waals surface area contributed by atoms with Gasteiger partial charge in [-0.1, -0.05) is 36.5 Å². The molecule has 0 amide bonds. The Morgan fingerprint density at radius 1 is 1.14 bits per heavy atom. The zero-order chi connectivity index (χ0) is 25.4. The number of halogens is 2. The summed E-state index contributed by atoms with van der Waals surface area (Å²) in [5.74, 6) is 1.34. The minimum absolute atomic E-state index is 0.128. The maximum Gasteiger partial charge on any atom is 0.163 e. The number of carbonyl (C=O) groups excluding carboxylic acids is 1. The summed E-state index contributed by atoms with van der Waals surface area (Å²) in [5, 5.41) is 13.5. The van der Waals surface area contributed by atoms with E-state index in [9.17, 15) is 9.90 Å². The van der Waals surface area contributed by atoms with E-state index in [1.165, 1.54) is 19.8 Å². The summed E-state index contributed by atoms with van der Waals surface area (Å²) < 4.78 is 0. The molecule has 1 aliphatic rings. The van der Waals surface area contributed by atoms with E-state index in [4.69, 9.17) is 28.2 Å². The molecule has 4 heterocycles. The fourth-order valence-electron chi connectivity index (χ4n) is 4.50. The first-order valence-corrected chi connectivity index (χ1v) is 12.6. The van der Waals surface area contributed by atoms with Crippen LogP contribution in [0, 0.1) is 5.92 Å². The van der Waals surface area contributed by atoms with Gasteiger partial charge in [-0.05, 0) is 55.7 Å². The number of nitrogens with zero attached hydrogens (tertiary/aromatic N) is 4. The quantitative estimate of drug-likeness (QED) is 0.267. The van der Waals surface area contributed by atoms with Gasteiger partial charge >= 0.3 is 0 Å². The number of hydrogen-bond donors (Lipinski definition) is 2. The fourth-order valence-corrected chi connectivity index (χ4v) is 4.99. The van der Waals surface area contributed by atoms with Crippen LogP contribution in [-0.2, 0) is 0 Å². The Kier molecular flexibility index (Phi) is 6.69. The molecule has 3 aromatic heterocycles. The standard InChI is InChI=1S/C27H25Cl2N5O2/c1-3-16-8-9-34(14-16)24-7-4-18(12-31-24)32-25-19(15(2)35)13-30-23-6-5-22(33-26(23)25)17-10-20(28)27(36)21(29)11-17/h4-7,10-13,16,36H,3,8-9,14H2,1-2H3,(H,30,32). The number of fused-ring (bicyclic) bond motifs is 1. The van der Waals surface area contributed by atoms with Crippen LogP contribution in [0.5, 0.6) is 5.75 Å². The van der Waals surface area contributed by atoms with Gasteiger partial charge in [-0.15, -0.1) is 0 Å². The Hall–Kier alpha value is -3.42. The minimum atomic E-state index is -0.180. The van der Waals surface area contributed by atoms with Gasteiger partial charge in [0.05, 0.1) is 44.4 Å². The van der Waals surface area contributed by atoms with Crippen molar-refractivity contribution in [3.05, 3.63) is 64.4 Å². The molecule has 36 heavy (non-hydrogen) atoms. The molecule has 0 aliphatic carbocycles. The van der Waals surface area contributed by atoms with Crippen molar-refractivity contribution in [2.45, 2.75) is 26.7 Å². The zero-order valence-corrected chi connectivity index (χ0v) is 21.4. The van der Waals surface area contributed by atoms with Crippen LogP contribution in [0.4, 0.5) is 17.2 Å². The monoisotopic (exact) mass is 521 g/mol. The molecular formula is C27H25Cl2N5O2. The zero-order valence-electron chi connectivity index (χ0n) is 19.9. The third kappa shape index (κ3) is 4.68. The highest BCUT2D eigenvalue weighted by molar-refractivity contribution is 6.37. The Labute approximate surface area is 219 Å². The van der Waals surface area contributed by atoms with E-state index in [1.54, 1.807) is 30.6 Å². The molecule has 9 heteroatoms. The number of aromatic nitrogens is 3. The summed E-state index contributed by atoms with van der Waals surface area (Å²) in [6.07, 6.45) is 5.69. The molecule has 2 N–H and O–H groups in total. The third-order valence-corrected chi connectivity index (χ3v) is 7.19. The molecule has 1 aromatic carbocycles. The molecule has 1 atom stereocenters. The first-order chi connectivity index (χ1) is 17.3. The summed E-state index contributed by atoms with van der Waals surface area (Å²) in [6.45, 7) is 5.76. The van der Waals surface area contributed by atoms with Crippen LogP contribution in [0.25, 0.3) is 22.3 Å². The van der Waals surface area contributed by atoms with Gasteiger partial charge in [-0.25, -0.2) is 9.97 Å². The maximum atomic E-state index is 12.5. The first kappa shape index (κ1) is 24.3. The van der Waals surface area contributed by atoms with E-state index in [-0.39, 0.29) is 21.6 Å². The Bertz CT molecular complexity index is 1440. The molecule has 1 aliphatic heterocycles. The summed E-state index contributed by atoms with van der Waals surface area (Å²) in [5.41, 5.74) is 4.05. The number of rotatable bonds is 6. The number of nitrogens with one attached hydrogen (secondary N) is 1. The number of hydrogen-bond acceptors (Lipinski definition) is 7. The lowest BCUT2D eigenvalue weighted by atomic mass is 10.1. The molecule has 7 nitrogen and oxygen atoms in total. The van der Waals surface area contributed by atoms with Crippen molar-refractivity contribution in [1.29, 1.82) is 0 Å². The summed E-state index contributed by atoms with van der Waals surface area (Å²) in [7, 11) is 0. The normalized spacial score (nSPS) is 15.4. The molecule has 0 saturated carbocycles. The Balaban J connectivity index is 1.53. The Morgan fingerprint density at radius 3 is 2.56 bits per heavy atom. The molecule has 0 spiro atoms. The summed E-state index contributed by atoms with van der Waals surface area (Å²) >= 11 is 12.3. The van der Waals surface area contributed by atoms with E-state index in [0.717, 1.165) is 24.6 Å². The lowest BCUT2D eigenvalue weighted by Gasteiger charge is -2.18. The average molecular weight is 522 g/mol. The second-order valence-corrected chi connectivity index (χ2v) is 9.81. The second kappa shape index (κ2) is 9.91. The SMILES string of the molecule is CCC1CCN(c2ccc(Nc3c(C(C)=O)cnc4ccc(-c5cc(Cl)c(O)c(Cl)c5)nc34)cn2)C1. The van der Waals surface area contributed by atoms with Crippen molar-refractivity contribution in [3.63, 3.8) is 0 Å². The van der Waals surface area contributed by atoms with Crippen LogP contribution in [0.3, 0.4) is 0 Å². The van der Waals surface area contributed by atoms with Crippen molar-refractivity contribution >= 4 is 57.2 Å². The third-order valence-electron chi connectivity index (χ3n) is 6.61. The number of phenolic OH excluding ortho intramolecular Hbond substituents is 1. The molecular weight excluding hydrogens is 497 g/mol. The van der Waals surface area contributed by atoms with Crippen molar-refractivity contribution in [1.82, 2.24) is 15.0 Å². The van der Waals surface area contributed by atoms with E-state index in [2.05, 4.69) is 27.1 Å². The van der Waals surface area contributed by atoms with E-state index in [0.29, 0.717) is 39.5 Å². The van der Waals surface area contributed by atoms with Gasteiger partial charge in [0.15, 0.2) is 11.5 Å². The summed E-state index contributed by atoms with van der Waals surface area (Å²) in [4.78, 5) is 28.7. The molecule has 1 saturated heterocycles. The van der Waals surface area contributed by atoms with Gasteiger partial charge in [0.1, 0.15) is 11.3 Å². The molecule has 1 unspecified atom stereocenters. The average Bonchev–Trinajstić information content (AvgIpc) is 3.36. The van der Waals surface area contributed by atoms with Gasteiger partial charge < -0.3 is 15.3 Å². The number of pyridine rings is 3. The number of aromatic hydroxyl groups is 1. The lowest BCUT2D eigenvalue weighted by molar-refractivity contribution is 0.101. The predicted octanol–water partition coefficient (Wildman–Crippen LogP) is 6.89. The molecule has 0 bridgehead atoms. The molecule has 0 radical (unpaired) electrons. The van der Waals surface area contributed by atoms with Crippen molar-refractivity contribution in [2.75, 3.05) is 23.3 Å². The van der Waals surface area contributed by atoms with E-state index >= 15 is 0 Å². The van der Waals surface area contributed by atoms with Gasteiger partial charge in [-0.2, -0.15) is 0 Å². The highest BCUT2D eigenvalue weighted by Crippen LogP contribution is 2.37. The number of benzene rings is 1. The molecule has 5 rings (SSSR count). The van der Waals surface area contributed by atoms with Crippen molar-refractivity contribution < 1.29 is 9.90 Å². The minimum Gasteiger partial charge on any atom is -0.505 e. The fraction of sp³-hybridized carbons (Fsp3) is 0.259. The molecule has 4 aromatic rings. The largest absolute Gasteiger partial charge is 0.505 e. The lowest BCUT2D eigenvalue weighted by Crippen LogP contribution is -2.20. The smallest absolute Gasteiger partial charge is 0.163 e. The number of Topliss-reactive ketones (excluding diaryl/α,β-unsaturated/α-hetero) is 1.